The van der Waals surface area contributed by atoms with Crippen LogP contribution < -0.4 is 16.0 Å². The quantitative estimate of drug-likeness (QED) is 0.833. The predicted octanol–water partition coefficient (Wildman–Crippen LogP) is 2.02. The second kappa shape index (κ2) is 6.80. The van der Waals surface area contributed by atoms with Crippen molar-refractivity contribution in [1.29, 1.82) is 0 Å². The van der Waals surface area contributed by atoms with E-state index in [-0.39, 0.29) is 18.1 Å². The van der Waals surface area contributed by atoms with E-state index in [1.54, 1.807) is 6.07 Å². The molecule has 2 rings (SSSR count). The largest absolute Gasteiger partial charge is 0.399 e. The van der Waals surface area contributed by atoms with Crippen molar-refractivity contribution in [2.45, 2.75) is 39.3 Å². The molecule has 0 bridgehead atoms. The Morgan fingerprint density at radius 1 is 1.48 bits per heavy atom. The Bertz CT molecular complexity index is 504. The van der Waals surface area contributed by atoms with Gasteiger partial charge in [0, 0.05) is 18.8 Å². The maximum Gasteiger partial charge on any atom is 0.253 e. The molecule has 1 aliphatic rings. The zero-order chi connectivity index (χ0) is 15.4. The number of hydrogen-bond donors (Lipinski definition) is 2. The van der Waals surface area contributed by atoms with Crippen molar-refractivity contribution in [2.75, 3.05) is 30.3 Å². The highest BCUT2D eigenvalue weighted by atomic mass is 16.5. The number of morpholine rings is 1. The fraction of sp³-hybridized carbons (Fsp3) is 0.562. The molecule has 0 aliphatic carbocycles. The Hall–Kier alpha value is -1.75. The minimum Gasteiger partial charge on any atom is -0.399 e. The molecule has 116 valence electrons. The summed E-state index contributed by atoms with van der Waals surface area (Å²) in [5.41, 5.74) is 8.20. The third-order valence-electron chi connectivity index (χ3n) is 3.85. The van der Waals surface area contributed by atoms with Crippen LogP contribution >= 0.6 is 0 Å². The summed E-state index contributed by atoms with van der Waals surface area (Å²) in [5, 5.41) is 2.87. The van der Waals surface area contributed by atoms with E-state index in [0.717, 1.165) is 18.7 Å². The van der Waals surface area contributed by atoms with Crippen LogP contribution in [-0.4, -0.2) is 37.7 Å². The van der Waals surface area contributed by atoms with Crippen LogP contribution in [0.15, 0.2) is 18.2 Å². The lowest BCUT2D eigenvalue weighted by molar-refractivity contribution is 0.0298. The van der Waals surface area contributed by atoms with Crippen LogP contribution in [0.25, 0.3) is 0 Å². The molecule has 3 N–H and O–H groups in total. The number of amides is 1. The van der Waals surface area contributed by atoms with Crippen molar-refractivity contribution in [3.8, 4) is 0 Å². The summed E-state index contributed by atoms with van der Waals surface area (Å²) in [6.07, 6.45) is 1.12. The molecule has 1 aliphatic heterocycles. The third kappa shape index (κ3) is 3.47. The van der Waals surface area contributed by atoms with Gasteiger partial charge in [-0.25, -0.2) is 0 Å². The average molecular weight is 291 g/mol. The molecular weight excluding hydrogens is 266 g/mol. The monoisotopic (exact) mass is 291 g/mol. The molecule has 1 heterocycles. The van der Waals surface area contributed by atoms with Crippen LogP contribution in [0.5, 0.6) is 0 Å². The summed E-state index contributed by atoms with van der Waals surface area (Å²) in [6, 6.07) is 5.75. The summed E-state index contributed by atoms with van der Waals surface area (Å²) >= 11 is 0. The molecule has 2 atom stereocenters. The van der Waals surface area contributed by atoms with Crippen molar-refractivity contribution in [1.82, 2.24) is 5.32 Å². The van der Waals surface area contributed by atoms with Crippen LogP contribution in [-0.2, 0) is 4.74 Å². The van der Waals surface area contributed by atoms with Crippen molar-refractivity contribution in [2.24, 2.45) is 0 Å². The van der Waals surface area contributed by atoms with Gasteiger partial charge in [0.15, 0.2) is 0 Å². The second-order valence-electron chi connectivity index (χ2n) is 5.49. The minimum atomic E-state index is -0.0542. The topological polar surface area (TPSA) is 67.6 Å². The smallest absolute Gasteiger partial charge is 0.253 e. The van der Waals surface area contributed by atoms with Gasteiger partial charge >= 0.3 is 0 Å². The molecule has 0 aromatic heterocycles. The van der Waals surface area contributed by atoms with Gasteiger partial charge in [-0.15, -0.1) is 0 Å². The first-order valence-corrected chi connectivity index (χ1v) is 7.62. The first-order valence-electron chi connectivity index (χ1n) is 7.62. The molecule has 0 spiro atoms. The van der Waals surface area contributed by atoms with Gasteiger partial charge in [-0.3, -0.25) is 4.79 Å². The van der Waals surface area contributed by atoms with Gasteiger partial charge in [-0.05, 0) is 38.5 Å². The first kappa shape index (κ1) is 15.6. The third-order valence-corrected chi connectivity index (χ3v) is 3.85. The molecule has 1 aromatic carbocycles. The van der Waals surface area contributed by atoms with Crippen LogP contribution in [0.4, 0.5) is 11.4 Å². The lowest BCUT2D eigenvalue weighted by atomic mass is 10.0. The fourth-order valence-corrected chi connectivity index (χ4v) is 2.71. The van der Waals surface area contributed by atoms with E-state index in [9.17, 15) is 4.79 Å². The number of nitrogens with one attached hydrogen (secondary N) is 1. The van der Waals surface area contributed by atoms with Gasteiger partial charge in [0.05, 0.1) is 30.0 Å². The van der Waals surface area contributed by atoms with Crippen LogP contribution in [0.2, 0.25) is 0 Å². The number of rotatable bonds is 4. The zero-order valence-electron chi connectivity index (χ0n) is 13.1. The fourth-order valence-electron chi connectivity index (χ4n) is 2.71. The van der Waals surface area contributed by atoms with Crippen molar-refractivity contribution in [3.63, 3.8) is 0 Å². The molecule has 21 heavy (non-hydrogen) atoms. The average Bonchev–Trinajstić information content (AvgIpc) is 2.47. The maximum absolute atomic E-state index is 12.3. The van der Waals surface area contributed by atoms with Crippen LogP contribution in [0.3, 0.4) is 0 Å². The van der Waals surface area contributed by atoms with Gasteiger partial charge in [0.2, 0.25) is 0 Å². The standard InChI is InChI=1S/C16H25N3O2/c1-4-13-10-21-11(3)9-19(13)15-8-12(17)6-7-14(15)16(20)18-5-2/h6-8,11,13H,4-5,9-10,17H2,1-3H3,(H,18,20). The number of nitrogens with zero attached hydrogens (tertiary/aromatic N) is 1. The Morgan fingerprint density at radius 3 is 2.90 bits per heavy atom. The summed E-state index contributed by atoms with van der Waals surface area (Å²) in [4.78, 5) is 14.5. The lowest BCUT2D eigenvalue weighted by Crippen LogP contribution is -2.49. The van der Waals surface area contributed by atoms with Crippen LogP contribution in [0.1, 0.15) is 37.6 Å². The van der Waals surface area contributed by atoms with Gasteiger partial charge in [0.1, 0.15) is 0 Å². The van der Waals surface area contributed by atoms with E-state index in [2.05, 4.69) is 24.1 Å². The molecular formula is C16H25N3O2. The second-order valence-corrected chi connectivity index (χ2v) is 5.49. The summed E-state index contributed by atoms with van der Waals surface area (Å²) in [7, 11) is 0. The number of anilines is 2. The number of nitrogens with two attached hydrogens (primary N) is 1. The van der Waals surface area contributed by atoms with E-state index in [1.165, 1.54) is 0 Å². The molecule has 2 unspecified atom stereocenters. The summed E-state index contributed by atoms with van der Waals surface area (Å²) in [5.74, 6) is -0.0542. The Morgan fingerprint density at radius 2 is 2.24 bits per heavy atom. The Kier molecular flexibility index (Phi) is 5.07. The van der Waals surface area contributed by atoms with E-state index < -0.39 is 0 Å². The van der Waals surface area contributed by atoms with E-state index in [4.69, 9.17) is 10.5 Å². The molecule has 5 heteroatoms. The highest BCUT2D eigenvalue weighted by molar-refractivity contribution is 6.00. The van der Waals surface area contributed by atoms with Gasteiger partial charge < -0.3 is 20.7 Å². The van der Waals surface area contributed by atoms with E-state index in [1.807, 2.05) is 19.1 Å². The molecule has 1 aromatic rings. The summed E-state index contributed by atoms with van der Waals surface area (Å²) < 4.78 is 5.74. The molecule has 1 fully saturated rings. The molecule has 5 nitrogen and oxygen atoms in total. The van der Waals surface area contributed by atoms with Crippen molar-refractivity contribution in [3.05, 3.63) is 23.8 Å². The first-order chi connectivity index (χ1) is 10.1. The van der Waals surface area contributed by atoms with Crippen LogP contribution in [0, 0.1) is 0 Å². The number of ether oxygens (including phenoxy) is 1. The van der Waals surface area contributed by atoms with E-state index >= 15 is 0 Å². The maximum atomic E-state index is 12.3. The van der Waals surface area contributed by atoms with Gasteiger partial charge in [-0.1, -0.05) is 6.92 Å². The number of hydrogen-bond acceptors (Lipinski definition) is 4. The Labute approximate surface area is 126 Å². The zero-order valence-corrected chi connectivity index (χ0v) is 13.1. The molecule has 0 radical (unpaired) electrons. The Balaban J connectivity index is 2.39. The number of benzene rings is 1. The molecule has 1 amide bonds. The van der Waals surface area contributed by atoms with Crippen molar-refractivity contribution < 1.29 is 9.53 Å². The number of nitrogen functional groups attached to an aromatic ring is 1. The highest BCUT2D eigenvalue weighted by Gasteiger charge is 2.28. The summed E-state index contributed by atoms with van der Waals surface area (Å²) in [6.45, 7) is 8.17. The van der Waals surface area contributed by atoms with E-state index in [0.29, 0.717) is 24.4 Å². The van der Waals surface area contributed by atoms with Crippen molar-refractivity contribution >= 4 is 17.3 Å². The highest BCUT2D eigenvalue weighted by Crippen LogP contribution is 2.29. The molecule has 1 saturated heterocycles. The molecule has 0 saturated carbocycles. The SMILES string of the molecule is CCNC(=O)c1ccc(N)cc1N1CC(C)OCC1CC. The lowest BCUT2D eigenvalue weighted by Gasteiger charge is -2.40. The van der Waals surface area contributed by atoms with Gasteiger partial charge in [-0.2, -0.15) is 0 Å². The number of carbonyl (C=O) groups excluding carboxylic acids is 1. The minimum absolute atomic E-state index is 0.0542. The predicted molar refractivity (Wildman–Crippen MR) is 85.7 cm³/mol. The normalized spacial score (nSPS) is 22.1. The van der Waals surface area contributed by atoms with Gasteiger partial charge in [0.25, 0.3) is 5.91 Å². The number of carbonyl (C=O) groups is 1.